The quantitative estimate of drug-likeness (QED) is 0.535. The maximum absolute atomic E-state index is 14.1. The van der Waals surface area contributed by atoms with Crippen molar-refractivity contribution in [2.45, 2.75) is 45.6 Å². The summed E-state index contributed by atoms with van der Waals surface area (Å²) in [6.45, 7) is 5.76. The molecule has 0 saturated carbocycles. The van der Waals surface area contributed by atoms with Crippen molar-refractivity contribution in [3.63, 3.8) is 0 Å². The zero-order valence-corrected chi connectivity index (χ0v) is 17.9. The van der Waals surface area contributed by atoms with Gasteiger partial charge >= 0.3 is 0 Å². The first-order valence-corrected chi connectivity index (χ1v) is 11.3. The molecule has 3 N–H and O–H groups in total. The van der Waals surface area contributed by atoms with Gasteiger partial charge in [0.1, 0.15) is 11.6 Å². The molecule has 8 nitrogen and oxygen atoms in total. The summed E-state index contributed by atoms with van der Waals surface area (Å²) in [6, 6.07) is 6.17. The third kappa shape index (κ3) is 7.54. The molecule has 160 valence electrons. The number of nitrogens with one attached hydrogen (secondary N) is 2. The van der Waals surface area contributed by atoms with Crippen molar-refractivity contribution >= 4 is 21.9 Å². The highest BCUT2D eigenvalue weighted by molar-refractivity contribution is 7.91. The standard InChI is InChI=1S/C19H28FN5O3S/c1-12(2)9-14(11-26)21-18-22-17(23-19(24-18)25-29(4,27)28)10-13(3)15-7-5-6-8-16(15)20/h5-8,12-14,26H,9-11H2,1-4H3,(H2,21,22,23,24,25)/t13?,14-/m1/s1. The number of aliphatic hydroxyl groups is 1. The van der Waals surface area contributed by atoms with Crippen LogP contribution in [0, 0.1) is 11.7 Å². The van der Waals surface area contributed by atoms with E-state index in [0.717, 1.165) is 6.26 Å². The van der Waals surface area contributed by atoms with Crippen molar-refractivity contribution in [1.29, 1.82) is 0 Å². The summed E-state index contributed by atoms with van der Waals surface area (Å²) in [5.41, 5.74) is 0.521. The van der Waals surface area contributed by atoms with E-state index in [2.05, 4.69) is 25.0 Å². The minimum absolute atomic E-state index is 0.123. The molecule has 0 bridgehead atoms. The van der Waals surface area contributed by atoms with E-state index in [1.54, 1.807) is 18.2 Å². The molecule has 1 aromatic heterocycles. The van der Waals surface area contributed by atoms with Crippen LogP contribution in [0.25, 0.3) is 0 Å². The van der Waals surface area contributed by atoms with Gasteiger partial charge in [-0.1, -0.05) is 39.0 Å². The summed E-state index contributed by atoms with van der Waals surface area (Å²) in [5, 5.41) is 12.6. The van der Waals surface area contributed by atoms with E-state index in [0.29, 0.717) is 23.7 Å². The van der Waals surface area contributed by atoms with Gasteiger partial charge in [-0.2, -0.15) is 15.0 Å². The van der Waals surface area contributed by atoms with Crippen molar-refractivity contribution in [1.82, 2.24) is 15.0 Å². The number of halogens is 1. The molecule has 0 aliphatic heterocycles. The Hall–Kier alpha value is -2.33. The predicted molar refractivity (Wildman–Crippen MR) is 111 cm³/mol. The number of benzene rings is 1. The van der Waals surface area contributed by atoms with Crippen LogP contribution in [0.1, 0.15) is 44.5 Å². The molecular formula is C19H28FN5O3S. The molecule has 0 saturated heterocycles. The molecule has 1 aromatic carbocycles. The molecule has 0 amide bonds. The van der Waals surface area contributed by atoms with Crippen LogP contribution in [0.15, 0.2) is 24.3 Å². The van der Waals surface area contributed by atoms with Crippen LogP contribution in [-0.2, 0) is 16.4 Å². The monoisotopic (exact) mass is 425 g/mol. The van der Waals surface area contributed by atoms with Gasteiger partial charge in [-0.3, -0.25) is 4.72 Å². The van der Waals surface area contributed by atoms with Crippen LogP contribution in [-0.4, -0.2) is 47.4 Å². The largest absolute Gasteiger partial charge is 0.394 e. The summed E-state index contributed by atoms with van der Waals surface area (Å²) in [7, 11) is -3.59. The Balaban J connectivity index is 2.32. The van der Waals surface area contributed by atoms with E-state index in [1.807, 2.05) is 20.8 Å². The number of hydrogen-bond acceptors (Lipinski definition) is 7. The van der Waals surface area contributed by atoms with Crippen LogP contribution in [0.5, 0.6) is 0 Å². The zero-order valence-electron chi connectivity index (χ0n) is 17.1. The molecule has 1 heterocycles. The molecule has 2 aromatic rings. The van der Waals surface area contributed by atoms with Gasteiger partial charge in [0.05, 0.1) is 18.9 Å². The summed E-state index contributed by atoms with van der Waals surface area (Å²) in [6.07, 6.45) is 1.96. The lowest BCUT2D eigenvalue weighted by Crippen LogP contribution is -2.27. The van der Waals surface area contributed by atoms with Crippen molar-refractivity contribution < 1.29 is 17.9 Å². The van der Waals surface area contributed by atoms with Gasteiger partial charge in [-0.05, 0) is 29.9 Å². The Morgan fingerprint density at radius 1 is 1.10 bits per heavy atom. The van der Waals surface area contributed by atoms with E-state index in [9.17, 15) is 17.9 Å². The van der Waals surface area contributed by atoms with Crippen LogP contribution in [0.4, 0.5) is 16.3 Å². The molecular weight excluding hydrogens is 397 g/mol. The number of rotatable bonds is 10. The van der Waals surface area contributed by atoms with Gasteiger partial charge in [0.25, 0.3) is 0 Å². The lowest BCUT2D eigenvalue weighted by atomic mass is 9.97. The van der Waals surface area contributed by atoms with Crippen molar-refractivity contribution in [2.24, 2.45) is 5.92 Å². The second kappa shape index (κ2) is 9.93. The molecule has 2 atom stereocenters. The number of anilines is 2. The Morgan fingerprint density at radius 3 is 2.34 bits per heavy atom. The Bertz CT molecular complexity index is 924. The fourth-order valence-corrected chi connectivity index (χ4v) is 3.40. The average molecular weight is 426 g/mol. The minimum Gasteiger partial charge on any atom is -0.394 e. The first kappa shape index (κ1) is 23.0. The molecule has 29 heavy (non-hydrogen) atoms. The summed E-state index contributed by atoms with van der Waals surface area (Å²) >= 11 is 0. The van der Waals surface area contributed by atoms with Crippen LogP contribution in [0.2, 0.25) is 0 Å². The second-order valence-electron chi connectivity index (χ2n) is 7.55. The predicted octanol–water partition coefficient (Wildman–Crippen LogP) is 2.55. The molecule has 10 heteroatoms. The van der Waals surface area contributed by atoms with E-state index in [1.165, 1.54) is 6.07 Å². The van der Waals surface area contributed by atoms with Gasteiger partial charge < -0.3 is 10.4 Å². The highest BCUT2D eigenvalue weighted by atomic mass is 32.2. The third-order valence-corrected chi connectivity index (χ3v) is 4.75. The molecule has 0 radical (unpaired) electrons. The maximum Gasteiger partial charge on any atom is 0.241 e. The van der Waals surface area contributed by atoms with Gasteiger partial charge in [0.15, 0.2) is 0 Å². The molecule has 1 unspecified atom stereocenters. The number of aromatic nitrogens is 3. The summed E-state index contributed by atoms with van der Waals surface area (Å²) < 4.78 is 39.6. The molecule has 0 aliphatic carbocycles. The number of sulfonamides is 1. The highest BCUT2D eigenvalue weighted by Crippen LogP contribution is 2.23. The minimum atomic E-state index is -3.59. The van der Waals surface area contributed by atoms with E-state index in [-0.39, 0.29) is 42.7 Å². The average Bonchev–Trinajstić information content (AvgIpc) is 2.59. The SMILES string of the molecule is CC(C)C[C@H](CO)Nc1nc(CC(C)c2ccccc2F)nc(NS(C)(=O)=O)n1. The fraction of sp³-hybridized carbons (Fsp3) is 0.526. The topological polar surface area (TPSA) is 117 Å². The smallest absolute Gasteiger partial charge is 0.241 e. The van der Waals surface area contributed by atoms with Crippen LogP contribution >= 0.6 is 0 Å². The van der Waals surface area contributed by atoms with Crippen molar-refractivity contribution in [3.05, 3.63) is 41.5 Å². The molecule has 2 rings (SSSR count). The van der Waals surface area contributed by atoms with Crippen molar-refractivity contribution in [2.75, 3.05) is 22.9 Å². The summed E-state index contributed by atoms with van der Waals surface area (Å²) in [4.78, 5) is 12.6. The lowest BCUT2D eigenvalue weighted by molar-refractivity contribution is 0.259. The zero-order chi connectivity index (χ0) is 21.6. The van der Waals surface area contributed by atoms with E-state index in [4.69, 9.17) is 0 Å². The third-order valence-electron chi connectivity index (χ3n) is 4.19. The van der Waals surface area contributed by atoms with E-state index < -0.39 is 10.0 Å². The highest BCUT2D eigenvalue weighted by Gasteiger charge is 2.18. The summed E-state index contributed by atoms with van der Waals surface area (Å²) in [5.74, 6) is 0.117. The van der Waals surface area contributed by atoms with Gasteiger partial charge in [0, 0.05) is 6.42 Å². The first-order chi connectivity index (χ1) is 13.6. The molecule has 0 fully saturated rings. The lowest BCUT2D eigenvalue weighted by Gasteiger charge is -2.19. The number of aliphatic hydroxyl groups excluding tert-OH is 1. The molecule has 0 aliphatic rings. The van der Waals surface area contributed by atoms with Crippen LogP contribution in [0.3, 0.4) is 0 Å². The van der Waals surface area contributed by atoms with Gasteiger partial charge in [0.2, 0.25) is 21.9 Å². The maximum atomic E-state index is 14.1. The molecule has 0 spiro atoms. The Kier molecular flexibility index (Phi) is 7.86. The fourth-order valence-electron chi connectivity index (χ4n) is 2.98. The van der Waals surface area contributed by atoms with E-state index >= 15 is 0 Å². The normalized spacial score (nSPS) is 13.9. The Morgan fingerprint density at radius 2 is 1.76 bits per heavy atom. The van der Waals surface area contributed by atoms with Gasteiger partial charge in [-0.25, -0.2) is 12.8 Å². The van der Waals surface area contributed by atoms with Gasteiger partial charge in [-0.15, -0.1) is 0 Å². The number of hydrogen-bond donors (Lipinski definition) is 3. The van der Waals surface area contributed by atoms with Crippen LogP contribution < -0.4 is 10.0 Å². The second-order valence-corrected chi connectivity index (χ2v) is 9.30. The Labute approximate surface area is 171 Å². The van der Waals surface area contributed by atoms with Crippen molar-refractivity contribution in [3.8, 4) is 0 Å². The first-order valence-electron chi connectivity index (χ1n) is 9.42. The number of nitrogens with zero attached hydrogens (tertiary/aromatic N) is 3.